The molecule has 1 unspecified atom stereocenters. The van der Waals surface area contributed by atoms with Gasteiger partial charge in [-0.3, -0.25) is 0 Å². The minimum Gasteiger partial charge on any atom is -0.327 e. The molecule has 0 spiro atoms. The van der Waals surface area contributed by atoms with E-state index in [1.165, 1.54) is 6.07 Å². The van der Waals surface area contributed by atoms with Crippen molar-refractivity contribution < 1.29 is 4.39 Å². The van der Waals surface area contributed by atoms with E-state index in [2.05, 4.69) is 13.8 Å². The van der Waals surface area contributed by atoms with Crippen LogP contribution in [0.25, 0.3) is 0 Å². The van der Waals surface area contributed by atoms with E-state index < -0.39 is 0 Å². The highest BCUT2D eigenvalue weighted by Crippen LogP contribution is 2.18. The van der Waals surface area contributed by atoms with Crippen LogP contribution in [0, 0.1) is 11.7 Å². The monoisotopic (exact) mass is 275 g/mol. The van der Waals surface area contributed by atoms with Crippen LogP contribution in [0.15, 0.2) is 18.2 Å². The highest BCUT2D eigenvalue weighted by Gasteiger charge is 2.07. The average Bonchev–Trinajstić information content (AvgIpc) is 2.23. The molecule has 4 heteroatoms. The van der Waals surface area contributed by atoms with Crippen molar-refractivity contribution in [3.05, 3.63) is 34.6 Å². The third-order valence-electron chi connectivity index (χ3n) is 2.27. The Hall–Kier alpha value is -0.250. The standard InChI is InChI=1S/C13H19ClFNS/c1-9(2)7-17-8-11(16)5-10-3-4-13(15)12(14)6-10/h3-4,6,9,11H,5,7-8,16H2,1-2H3. The summed E-state index contributed by atoms with van der Waals surface area (Å²) >= 11 is 7.59. The topological polar surface area (TPSA) is 26.0 Å². The zero-order valence-electron chi connectivity index (χ0n) is 10.2. The van der Waals surface area contributed by atoms with Crippen molar-refractivity contribution in [2.75, 3.05) is 11.5 Å². The number of hydrogen-bond donors (Lipinski definition) is 1. The zero-order valence-corrected chi connectivity index (χ0v) is 11.8. The number of rotatable bonds is 6. The van der Waals surface area contributed by atoms with E-state index in [-0.39, 0.29) is 16.9 Å². The number of benzene rings is 1. The first-order chi connectivity index (χ1) is 7.99. The zero-order chi connectivity index (χ0) is 12.8. The quantitative estimate of drug-likeness (QED) is 0.856. The fourth-order valence-electron chi connectivity index (χ4n) is 1.48. The summed E-state index contributed by atoms with van der Waals surface area (Å²) in [5.41, 5.74) is 7.02. The molecule has 1 aromatic rings. The van der Waals surface area contributed by atoms with Crippen LogP contribution in [0.2, 0.25) is 5.02 Å². The lowest BCUT2D eigenvalue weighted by molar-refractivity contribution is 0.626. The summed E-state index contributed by atoms with van der Waals surface area (Å²) in [6.45, 7) is 4.39. The van der Waals surface area contributed by atoms with Crippen LogP contribution in [0.3, 0.4) is 0 Å². The van der Waals surface area contributed by atoms with Gasteiger partial charge in [0, 0.05) is 11.8 Å². The maximum absolute atomic E-state index is 13.0. The SMILES string of the molecule is CC(C)CSCC(N)Cc1ccc(F)c(Cl)c1. The molecule has 0 aromatic heterocycles. The molecule has 1 aromatic carbocycles. The molecular formula is C13H19ClFNS. The maximum Gasteiger partial charge on any atom is 0.141 e. The first kappa shape index (κ1) is 14.8. The van der Waals surface area contributed by atoms with Crippen LogP contribution in [-0.4, -0.2) is 17.5 Å². The molecule has 1 rings (SSSR count). The van der Waals surface area contributed by atoms with Crippen molar-refractivity contribution >= 4 is 23.4 Å². The van der Waals surface area contributed by atoms with Crippen molar-refractivity contribution in [1.29, 1.82) is 0 Å². The molecule has 0 radical (unpaired) electrons. The molecule has 0 heterocycles. The molecular weight excluding hydrogens is 257 g/mol. The van der Waals surface area contributed by atoms with E-state index in [1.54, 1.807) is 12.1 Å². The summed E-state index contributed by atoms with van der Waals surface area (Å²) < 4.78 is 13.0. The van der Waals surface area contributed by atoms with Gasteiger partial charge in [0.15, 0.2) is 0 Å². The van der Waals surface area contributed by atoms with Crippen LogP contribution >= 0.6 is 23.4 Å². The van der Waals surface area contributed by atoms with Gasteiger partial charge in [-0.2, -0.15) is 11.8 Å². The van der Waals surface area contributed by atoms with Crippen molar-refractivity contribution in [2.45, 2.75) is 26.3 Å². The second-order valence-corrected chi connectivity index (χ2v) is 6.13. The summed E-state index contributed by atoms with van der Waals surface area (Å²) in [7, 11) is 0. The summed E-state index contributed by atoms with van der Waals surface area (Å²) in [6, 6.07) is 4.89. The highest BCUT2D eigenvalue weighted by molar-refractivity contribution is 7.99. The Bertz CT molecular complexity index is 357. The third-order valence-corrected chi connectivity index (χ3v) is 4.12. The van der Waals surface area contributed by atoms with Gasteiger partial charge >= 0.3 is 0 Å². The van der Waals surface area contributed by atoms with Crippen LogP contribution in [-0.2, 0) is 6.42 Å². The number of thioether (sulfide) groups is 1. The van der Waals surface area contributed by atoms with Crippen LogP contribution < -0.4 is 5.73 Å². The van der Waals surface area contributed by atoms with Crippen molar-refractivity contribution in [3.8, 4) is 0 Å². The Morgan fingerprint density at radius 3 is 2.65 bits per heavy atom. The molecule has 2 N–H and O–H groups in total. The molecule has 1 atom stereocenters. The van der Waals surface area contributed by atoms with Gasteiger partial charge in [-0.1, -0.05) is 31.5 Å². The Balaban J connectivity index is 2.39. The molecule has 0 aliphatic carbocycles. The molecule has 0 fully saturated rings. The number of nitrogens with two attached hydrogens (primary N) is 1. The van der Waals surface area contributed by atoms with Gasteiger partial charge in [-0.05, 0) is 35.8 Å². The predicted molar refractivity (Wildman–Crippen MR) is 75.3 cm³/mol. The first-order valence-electron chi connectivity index (χ1n) is 5.76. The predicted octanol–water partition coefficient (Wildman–Crippen LogP) is 3.74. The second kappa shape index (κ2) is 7.24. The minimum absolute atomic E-state index is 0.0975. The average molecular weight is 276 g/mol. The summed E-state index contributed by atoms with van der Waals surface area (Å²) in [5, 5.41) is 0.171. The van der Waals surface area contributed by atoms with E-state index in [4.69, 9.17) is 17.3 Å². The van der Waals surface area contributed by atoms with Gasteiger partial charge in [0.2, 0.25) is 0 Å². The lowest BCUT2D eigenvalue weighted by Crippen LogP contribution is -2.26. The Morgan fingerprint density at radius 1 is 1.35 bits per heavy atom. The van der Waals surface area contributed by atoms with E-state index in [0.29, 0.717) is 5.92 Å². The fraction of sp³-hybridized carbons (Fsp3) is 0.538. The molecule has 0 aliphatic heterocycles. The largest absolute Gasteiger partial charge is 0.327 e. The van der Waals surface area contributed by atoms with Crippen LogP contribution in [0.4, 0.5) is 4.39 Å². The van der Waals surface area contributed by atoms with E-state index in [0.717, 1.165) is 23.5 Å². The van der Waals surface area contributed by atoms with Gasteiger partial charge in [0.25, 0.3) is 0 Å². The third kappa shape index (κ3) is 5.75. The summed E-state index contributed by atoms with van der Waals surface area (Å²) in [4.78, 5) is 0. The summed E-state index contributed by atoms with van der Waals surface area (Å²) in [6.07, 6.45) is 0.741. The number of hydrogen-bond acceptors (Lipinski definition) is 2. The van der Waals surface area contributed by atoms with E-state index in [9.17, 15) is 4.39 Å². The van der Waals surface area contributed by atoms with Crippen molar-refractivity contribution in [3.63, 3.8) is 0 Å². The Kier molecular flexibility index (Phi) is 6.31. The molecule has 0 amide bonds. The molecule has 0 bridgehead atoms. The van der Waals surface area contributed by atoms with Gasteiger partial charge in [-0.25, -0.2) is 4.39 Å². The highest BCUT2D eigenvalue weighted by atomic mass is 35.5. The number of halogens is 2. The second-order valence-electron chi connectivity index (χ2n) is 4.64. The lowest BCUT2D eigenvalue weighted by Gasteiger charge is -2.12. The molecule has 0 saturated carbocycles. The fourth-order valence-corrected chi connectivity index (χ4v) is 2.71. The van der Waals surface area contributed by atoms with Gasteiger partial charge < -0.3 is 5.73 Å². The van der Waals surface area contributed by atoms with Crippen LogP contribution in [0.5, 0.6) is 0 Å². The summed E-state index contributed by atoms with van der Waals surface area (Å²) in [5.74, 6) is 2.36. The van der Waals surface area contributed by atoms with Gasteiger partial charge in [0.05, 0.1) is 5.02 Å². The Morgan fingerprint density at radius 2 is 2.06 bits per heavy atom. The molecule has 0 aliphatic rings. The Labute approximate surface area is 112 Å². The minimum atomic E-state index is -0.377. The molecule has 17 heavy (non-hydrogen) atoms. The van der Waals surface area contributed by atoms with Gasteiger partial charge in [-0.15, -0.1) is 0 Å². The van der Waals surface area contributed by atoms with E-state index in [1.807, 2.05) is 11.8 Å². The maximum atomic E-state index is 13.0. The lowest BCUT2D eigenvalue weighted by atomic mass is 10.1. The molecule has 96 valence electrons. The van der Waals surface area contributed by atoms with Crippen molar-refractivity contribution in [1.82, 2.24) is 0 Å². The normalized spacial score (nSPS) is 13.1. The first-order valence-corrected chi connectivity index (χ1v) is 7.29. The smallest absolute Gasteiger partial charge is 0.141 e. The molecule has 0 saturated heterocycles. The van der Waals surface area contributed by atoms with E-state index >= 15 is 0 Å². The molecule has 1 nitrogen and oxygen atoms in total. The van der Waals surface area contributed by atoms with Crippen LogP contribution in [0.1, 0.15) is 19.4 Å². The van der Waals surface area contributed by atoms with Gasteiger partial charge in [0.1, 0.15) is 5.82 Å². The van der Waals surface area contributed by atoms with Crippen molar-refractivity contribution in [2.24, 2.45) is 11.7 Å².